The number of carbonyl (C=O) groups is 1. The highest BCUT2D eigenvalue weighted by Gasteiger charge is 2.18. The Labute approximate surface area is 150 Å². The van der Waals surface area contributed by atoms with Crippen LogP contribution in [-0.4, -0.2) is 30.9 Å². The predicted molar refractivity (Wildman–Crippen MR) is 96.9 cm³/mol. The molecule has 0 saturated heterocycles. The normalized spacial score (nSPS) is 15.8. The average Bonchev–Trinajstić information content (AvgIpc) is 2.89. The smallest absolute Gasteiger partial charge is 0.348 e. The highest BCUT2D eigenvalue weighted by atomic mass is 16.5. The number of methoxy groups -OCH3 is 1. The van der Waals surface area contributed by atoms with Gasteiger partial charge in [-0.1, -0.05) is 19.3 Å². The molecule has 0 N–H and O–H groups in total. The molecule has 5 heteroatoms. The molecule has 0 bridgehead atoms. The third-order valence-electron chi connectivity index (χ3n) is 4.95. The van der Waals surface area contributed by atoms with Crippen LogP contribution in [0.5, 0.6) is 0 Å². The van der Waals surface area contributed by atoms with Crippen molar-refractivity contribution in [2.45, 2.75) is 52.5 Å². The largest absolute Gasteiger partial charge is 0.461 e. The second-order valence-electron chi connectivity index (χ2n) is 6.74. The SMILES string of the molecule is COCCn1c(C)cc(/C=C(\C#N)C(=O)OCC2CCCCC2)c1C. The fraction of sp³-hybridized carbons (Fsp3) is 0.600. The number of aryl methyl sites for hydroxylation is 1. The van der Waals surface area contributed by atoms with Crippen LogP contribution in [0.25, 0.3) is 6.08 Å². The van der Waals surface area contributed by atoms with Crippen molar-refractivity contribution >= 4 is 12.0 Å². The molecule has 25 heavy (non-hydrogen) atoms. The van der Waals surface area contributed by atoms with Crippen LogP contribution in [0.1, 0.15) is 49.1 Å². The maximum absolute atomic E-state index is 12.3. The van der Waals surface area contributed by atoms with Gasteiger partial charge in [0, 0.05) is 25.0 Å². The fourth-order valence-electron chi connectivity index (χ4n) is 3.42. The number of nitrogens with zero attached hydrogens (tertiary/aromatic N) is 2. The lowest BCUT2D eigenvalue weighted by atomic mass is 9.90. The Morgan fingerprint density at radius 3 is 2.72 bits per heavy atom. The molecule has 1 fully saturated rings. The van der Waals surface area contributed by atoms with Crippen LogP contribution < -0.4 is 0 Å². The summed E-state index contributed by atoms with van der Waals surface area (Å²) in [5, 5.41) is 9.36. The van der Waals surface area contributed by atoms with Crippen molar-refractivity contribution in [2.24, 2.45) is 5.92 Å². The summed E-state index contributed by atoms with van der Waals surface area (Å²) in [6, 6.07) is 3.97. The first kappa shape index (κ1) is 19.3. The van der Waals surface area contributed by atoms with Crippen LogP contribution in [0.15, 0.2) is 11.6 Å². The molecule has 0 unspecified atom stereocenters. The maximum atomic E-state index is 12.3. The Morgan fingerprint density at radius 1 is 1.36 bits per heavy atom. The topological polar surface area (TPSA) is 64.2 Å². The van der Waals surface area contributed by atoms with E-state index in [2.05, 4.69) is 4.57 Å². The van der Waals surface area contributed by atoms with Crippen LogP contribution >= 0.6 is 0 Å². The summed E-state index contributed by atoms with van der Waals surface area (Å²) < 4.78 is 12.6. The lowest BCUT2D eigenvalue weighted by molar-refractivity contribution is -0.140. The molecular formula is C20H28N2O3. The molecule has 0 spiro atoms. The molecule has 2 rings (SSSR count). The number of carbonyl (C=O) groups excluding carboxylic acids is 1. The summed E-state index contributed by atoms with van der Waals surface area (Å²) in [5.41, 5.74) is 3.03. The third kappa shape index (κ3) is 5.20. The first-order chi connectivity index (χ1) is 12.1. The minimum absolute atomic E-state index is 0.0581. The van der Waals surface area contributed by atoms with Crippen molar-refractivity contribution in [3.8, 4) is 6.07 Å². The number of hydrogen-bond donors (Lipinski definition) is 0. The van der Waals surface area contributed by atoms with Crippen LogP contribution in [0.3, 0.4) is 0 Å². The first-order valence-corrected chi connectivity index (χ1v) is 9.01. The van der Waals surface area contributed by atoms with E-state index < -0.39 is 5.97 Å². The summed E-state index contributed by atoms with van der Waals surface area (Å²) in [4.78, 5) is 12.3. The van der Waals surface area contributed by atoms with Crippen LogP contribution in [0, 0.1) is 31.1 Å². The minimum Gasteiger partial charge on any atom is -0.461 e. The van der Waals surface area contributed by atoms with Gasteiger partial charge in [0.2, 0.25) is 0 Å². The van der Waals surface area contributed by atoms with Crippen LogP contribution in [0.2, 0.25) is 0 Å². The van der Waals surface area contributed by atoms with Gasteiger partial charge < -0.3 is 14.0 Å². The van der Waals surface area contributed by atoms with Crippen LogP contribution in [0.4, 0.5) is 0 Å². The molecule has 136 valence electrons. The van der Waals surface area contributed by atoms with Gasteiger partial charge in [0.1, 0.15) is 11.6 Å². The highest BCUT2D eigenvalue weighted by Crippen LogP contribution is 2.24. The summed E-state index contributed by atoms with van der Waals surface area (Å²) in [7, 11) is 1.67. The van der Waals surface area contributed by atoms with E-state index in [0.717, 1.165) is 36.3 Å². The van der Waals surface area contributed by atoms with Crippen molar-refractivity contribution in [1.82, 2.24) is 4.57 Å². The number of nitriles is 1. The Morgan fingerprint density at radius 2 is 2.08 bits per heavy atom. The molecule has 1 aromatic heterocycles. The Kier molecular flexibility index (Phi) is 7.27. The summed E-state index contributed by atoms with van der Waals surface area (Å²) >= 11 is 0. The van der Waals surface area contributed by atoms with E-state index in [1.54, 1.807) is 13.2 Å². The van der Waals surface area contributed by atoms with Gasteiger partial charge in [0.05, 0.1) is 13.2 Å². The lowest BCUT2D eigenvalue weighted by Gasteiger charge is -2.20. The highest BCUT2D eigenvalue weighted by molar-refractivity contribution is 5.98. The van der Waals surface area contributed by atoms with E-state index in [1.807, 2.05) is 26.0 Å². The van der Waals surface area contributed by atoms with Gasteiger partial charge in [-0.15, -0.1) is 0 Å². The van der Waals surface area contributed by atoms with Gasteiger partial charge in [-0.25, -0.2) is 4.79 Å². The van der Waals surface area contributed by atoms with E-state index in [4.69, 9.17) is 9.47 Å². The molecule has 0 radical (unpaired) electrons. The van der Waals surface area contributed by atoms with Gasteiger partial charge in [-0.3, -0.25) is 0 Å². The van der Waals surface area contributed by atoms with Gasteiger partial charge in [0.15, 0.2) is 0 Å². The quantitative estimate of drug-likeness (QED) is 0.429. The van der Waals surface area contributed by atoms with E-state index in [0.29, 0.717) is 19.1 Å². The number of esters is 1. The Bertz CT molecular complexity index is 661. The van der Waals surface area contributed by atoms with E-state index >= 15 is 0 Å². The monoisotopic (exact) mass is 344 g/mol. The summed E-state index contributed by atoms with van der Waals surface area (Å²) in [5.74, 6) is -0.0773. The van der Waals surface area contributed by atoms with Gasteiger partial charge in [-0.2, -0.15) is 5.26 Å². The van der Waals surface area contributed by atoms with Crippen molar-refractivity contribution in [1.29, 1.82) is 5.26 Å². The molecule has 1 aliphatic rings. The summed E-state index contributed by atoms with van der Waals surface area (Å²) in [6.45, 7) is 5.78. The average molecular weight is 344 g/mol. The zero-order valence-corrected chi connectivity index (χ0v) is 15.5. The molecule has 5 nitrogen and oxygen atoms in total. The third-order valence-corrected chi connectivity index (χ3v) is 4.95. The fourth-order valence-corrected chi connectivity index (χ4v) is 3.42. The zero-order valence-electron chi connectivity index (χ0n) is 15.5. The minimum atomic E-state index is -0.519. The molecule has 1 aromatic rings. The maximum Gasteiger partial charge on any atom is 0.348 e. The second kappa shape index (κ2) is 9.43. The molecule has 1 aliphatic carbocycles. The Hall–Kier alpha value is -2.06. The zero-order chi connectivity index (χ0) is 18.2. The van der Waals surface area contributed by atoms with Gasteiger partial charge in [0.25, 0.3) is 0 Å². The van der Waals surface area contributed by atoms with Crippen molar-refractivity contribution in [3.05, 3.63) is 28.6 Å². The summed E-state index contributed by atoms with van der Waals surface area (Å²) in [6.07, 6.45) is 7.54. The van der Waals surface area contributed by atoms with Crippen molar-refractivity contribution in [3.63, 3.8) is 0 Å². The number of rotatable bonds is 7. The van der Waals surface area contributed by atoms with E-state index in [9.17, 15) is 10.1 Å². The van der Waals surface area contributed by atoms with Gasteiger partial charge in [-0.05, 0) is 50.3 Å². The predicted octanol–water partition coefficient (Wildman–Crippen LogP) is 3.78. The van der Waals surface area contributed by atoms with Crippen molar-refractivity contribution < 1.29 is 14.3 Å². The number of ether oxygens (including phenoxy) is 2. The molecule has 0 amide bonds. The first-order valence-electron chi connectivity index (χ1n) is 9.01. The lowest BCUT2D eigenvalue weighted by Crippen LogP contribution is -2.17. The van der Waals surface area contributed by atoms with Crippen molar-refractivity contribution in [2.75, 3.05) is 20.3 Å². The van der Waals surface area contributed by atoms with E-state index in [1.165, 1.54) is 19.3 Å². The molecule has 0 aromatic carbocycles. The molecule has 1 saturated carbocycles. The number of hydrogen-bond acceptors (Lipinski definition) is 4. The molecule has 1 heterocycles. The standard InChI is InChI=1S/C20H28N2O3/c1-15-11-18(16(2)22(15)9-10-24-3)12-19(13-21)20(23)25-14-17-7-5-4-6-8-17/h11-12,17H,4-10,14H2,1-3H3/b19-12+. The van der Waals surface area contributed by atoms with Gasteiger partial charge >= 0.3 is 5.97 Å². The molecular weight excluding hydrogens is 316 g/mol. The molecule has 0 aliphatic heterocycles. The number of aromatic nitrogens is 1. The second-order valence-corrected chi connectivity index (χ2v) is 6.74. The Balaban J connectivity index is 2.06. The van der Waals surface area contributed by atoms with Crippen LogP contribution in [-0.2, 0) is 20.8 Å². The molecule has 0 atom stereocenters. The van der Waals surface area contributed by atoms with E-state index in [-0.39, 0.29) is 5.57 Å².